The smallest absolute Gasteiger partial charge is 0.303 e. The van der Waals surface area contributed by atoms with Crippen molar-refractivity contribution >= 4 is 16.0 Å². The molecule has 5 nitrogen and oxygen atoms in total. The van der Waals surface area contributed by atoms with E-state index in [-0.39, 0.29) is 18.0 Å². The number of ether oxygens (including phenoxy) is 1. The van der Waals surface area contributed by atoms with Crippen molar-refractivity contribution in [2.45, 2.75) is 25.3 Å². The first-order chi connectivity index (χ1) is 11.9. The van der Waals surface area contributed by atoms with Gasteiger partial charge in [-0.3, -0.25) is 4.79 Å². The highest BCUT2D eigenvalue weighted by molar-refractivity contribution is 7.89. The molecule has 0 amide bonds. The van der Waals surface area contributed by atoms with Gasteiger partial charge < -0.3 is 4.74 Å². The summed E-state index contributed by atoms with van der Waals surface area (Å²) >= 11 is 0. The third kappa shape index (κ3) is 5.37. The Hall–Kier alpha value is -2.78. The van der Waals surface area contributed by atoms with Gasteiger partial charge in [0.1, 0.15) is 0 Å². The molecule has 0 saturated carbocycles. The number of rotatable bonds is 5. The molecule has 130 valence electrons. The molecule has 0 aliphatic heterocycles. The van der Waals surface area contributed by atoms with Gasteiger partial charge in [-0.1, -0.05) is 48.0 Å². The van der Waals surface area contributed by atoms with Crippen LogP contribution in [0.1, 0.15) is 18.1 Å². The minimum atomic E-state index is -3.80. The number of benzene rings is 2. The van der Waals surface area contributed by atoms with Crippen LogP contribution in [0.3, 0.4) is 0 Å². The number of sulfonamides is 1. The highest BCUT2D eigenvalue weighted by atomic mass is 32.2. The third-order valence-electron chi connectivity index (χ3n) is 3.33. The molecule has 0 radical (unpaired) electrons. The minimum Gasteiger partial charge on any atom is -0.453 e. The Bertz CT molecular complexity index is 879. The molecule has 0 heterocycles. The third-order valence-corrected chi connectivity index (χ3v) is 5.00. The van der Waals surface area contributed by atoms with E-state index in [2.05, 4.69) is 12.0 Å². The molecule has 25 heavy (non-hydrogen) atoms. The molecule has 0 aromatic heterocycles. The van der Waals surface area contributed by atoms with Gasteiger partial charge in [-0.2, -0.15) is 0 Å². The van der Waals surface area contributed by atoms with Gasteiger partial charge in [0.2, 0.25) is 0 Å². The zero-order valence-corrected chi connectivity index (χ0v) is 14.9. The summed E-state index contributed by atoms with van der Waals surface area (Å²) in [7, 11) is -3.80. The number of carbonyl (C=O) groups excluding carboxylic acids is 1. The predicted octanol–water partition coefficient (Wildman–Crippen LogP) is 2.71. The van der Waals surface area contributed by atoms with E-state index >= 15 is 0 Å². The largest absolute Gasteiger partial charge is 0.453 e. The Morgan fingerprint density at radius 1 is 1.08 bits per heavy atom. The van der Waals surface area contributed by atoms with Gasteiger partial charge in [0.25, 0.3) is 10.0 Å². The second-order valence-electron chi connectivity index (χ2n) is 5.38. The molecule has 0 bridgehead atoms. The van der Waals surface area contributed by atoms with Gasteiger partial charge in [-0.05, 0) is 30.5 Å². The standard InChI is InChI=1S/C19H19NO4S/c1-16-9-11-19(12-10-16)25(22,23)20(13-6-14-24-17(2)21)15-18-7-4-3-5-8-18/h3-5,7-12H,14-15H2,1-2H3. The van der Waals surface area contributed by atoms with Crippen LogP contribution in [0.2, 0.25) is 0 Å². The van der Waals surface area contributed by atoms with Crippen molar-refractivity contribution in [2.24, 2.45) is 0 Å². The SMILES string of the molecule is CC(=O)OCC#CN(Cc1ccccc1)S(=O)(=O)c1ccc(C)cc1. The van der Waals surface area contributed by atoms with E-state index in [0.717, 1.165) is 15.4 Å². The maximum absolute atomic E-state index is 12.9. The van der Waals surface area contributed by atoms with Crippen LogP contribution in [-0.2, 0) is 26.1 Å². The van der Waals surface area contributed by atoms with Crippen LogP contribution in [0.4, 0.5) is 0 Å². The van der Waals surface area contributed by atoms with E-state index in [4.69, 9.17) is 4.74 Å². The lowest BCUT2D eigenvalue weighted by molar-refractivity contribution is -0.139. The number of hydrogen-bond acceptors (Lipinski definition) is 4. The van der Waals surface area contributed by atoms with E-state index in [1.807, 2.05) is 37.3 Å². The second-order valence-corrected chi connectivity index (χ2v) is 7.24. The fraction of sp³-hybridized carbons (Fsp3) is 0.211. The Kier molecular flexibility index (Phi) is 6.20. The molecule has 0 aliphatic carbocycles. The Morgan fingerprint density at radius 2 is 1.72 bits per heavy atom. The number of esters is 1. The van der Waals surface area contributed by atoms with Crippen molar-refractivity contribution in [2.75, 3.05) is 6.61 Å². The van der Waals surface area contributed by atoms with E-state index in [9.17, 15) is 13.2 Å². The molecule has 2 aromatic rings. The summed E-state index contributed by atoms with van der Waals surface area (Å²) in [5, 5.41) is 0. The first-order valence-electron chi connectivity index (χ1n) is 7.65. The van der Waals surface area contributed by atoms with E-state index in [1.54, 1.807) is 24.3 Å². The van der Waals surface area contributed by atoms with Gasteiger partial charge in [0, 0.05) is 13.0 Å². The molecule has 0 fully saturated rings. The van der Waals surface area contributed by atoms with Gasteiger partial charge in [0.05, 0.1) is 11.4 Å². The van der Waals surface area contributed by atoms with Crippen LogP contribution in [0.15, 0.2) is 59.5 Å². The molecule has 0 saturated heterocycles. The van der Waals surface area contributed by atoms with Crippen LogP contribution in [0.25, 0.3) is 0 Å². The lowest BCUT2D eigenvalue weighted by atomic mass is 10.2. The van der Waals surface area contributed by atoms with Crippen LogP contribution >= 0.6 is 0 Å². The Balaban J connectivity index is 2.32. The van der Waals surface area contributed by atoms with Gasteiger partial charge in [-0.15, -0.1) is 0 Å². The molecule has 6 heteroatoms. The Labute approximate surface area is 148 Å². The molecular weight excluding hydrogens is 338 g/mol. The summed E-state index contributed by atoms with van der Waals surface area (Å²) in [4.78, 5) is 11.0. The number of aryl methyl sites for hydroxylation is 1. The zero-order valence-electron chi connectivity index (χ0n) is 14.1. The quantitative estimate of drug-likeness (QED) is 0.469. The highest BCUT2D eigenvalue weighted by Crippen LogP contribution is 2.18. The van der Waals surface area contributed by atoms with Crippen LogP contribution < -0.4 is 0 Å². The number of carbonyl (C=O) groups is 1. The van der Waals surface area contributed by atoms with Crippen molar-refractivity contribution in [1.82, 2.24) is 4.31 Å². The van der Waals surface area contributed by atoms with Gasteiger partial charge in [0.15, 0.2) is 6.61 Å². The van der Waals surface area contributed by atoms with Crippen molar-refractivity contribution in [3.8, 4) is 12.0 Å². The normalized spacial score (nSPS) is 10.5. The maximum atomic E-state index is 12.9. The summed E-state index contributed by atoms with van der Waals surface area (Å²) < 4.78 is 31.6. The monoisotopic (exact) mass is 357 g/mol. The summed E-state index contributed by atoms with van der Waals surface area (Å²) in [5.41, 5.74) is 1.77. The van der Waals surface area contributed by atoms with E-state index < -0.39 is 16.0 Å². The fourth-order valence-corrected chi connectivity index (χ4v) is 3.27. The lowest BCUT2D eigenvalue weighted by Gasteiger charge is -2.18. The molecular formula is C19H19NO4S. The predicted molar refractivity (Wildman–Crippen MR) is 94.8 cm³/mol. The molecule has 0 unspecified atom stereocenters. The molecule has 2 aromatic carbocycles. The van der Waals surface area contributed by atoms with Gasteiger partial charge in [-0.25, -0.2) is 12.7 Å². The highest BCUT2D eigenvalue weighted by Gasteiger charge is 2.22. The topological polar surface area (TPSA) is 63.7 Å². The average Bonchev–Trinajstić information content (AvgIpc) is 2.58. The molecule has 0 N–H and O–H groups in total. The first-order valence-corrected chi connectivity index (χ1v) is 9.09. The average molecular weight is 357 g/mol. The first kappa shape index (κ1) is 18.6. The fourth-order valence-electron chi connectivity index (χ4n) is 2.03. The van der Waals surface area contributed by atoms with Crippen molar-refractivity contribution in [3.63, 3.8) is 0 Å². The van der Waals surface area contributed by atoms with Crippen molar-refractivity contribution < 1.29 is 17.9 Å². The molecule has 0 spiro atoms. The summed E-state index contributed by atoms with van der Waals surface area (Å²) in [6.07, 6.45) is 0. The van der Waals surface area contributed by atoms with Crippen LogP contribution in [0, 0.1) is 18.9 Å². The van der Waals surface area contributed by atoms with Crippen LogP contribution in [-0.4, -0.2) is 25.3 Å². The summed E-state index contributed by atoms with van der Waals surface area (Å²) in [5.74, 6) is 2.11. The van der Waals surface area contributed by atoms with Crippen molar-refractivity contribution in [3.05, 3.63) is 65.7 Å². The molecule has 0 aliphatic rings. The second kappa shape index (κ2) is 8.36. The Morgan fingerprint density at radius 3 is 2.32 bits per heavy atom. The molecule has 0 atom stereocenters. The minimum absolute atomic E-state index is 0.101. The lowest BCUT2D eigenvalue weighted by Crippen LogP contribution is -2.26. The maximum Gasteiger partial charge on any atom is 0.303 e. The zero-order chi connectivity index (χ0) is 18.3. The van der Waals surface area contributed by atoms with E-state index in [0.29, 0.717) is 0 Å². The molecule has 2 rings (SSSR count). The number of hydrogen-bond donors (Lipinski definition) is 0. The van der Waals surface area contributed by atoms with E-state index in [1.165, 1.54) is 6.92 Å². The number of nitrogens with zero attached hydrogens (tertiary/aromatic N) is 1. The van der Waals surface area contributed by atoms with Crippen molar-refractivity contribution in [1.29, 1.82) is 0 Å². The van der Waals surface area contributed by atoms with Crippen LogP contribution in [0.5, 0.6) is 0 Å². The summed E-state index contributed by atoms with van der Waals surface area (Å²) in [6, 6.07) is 18.3. The van der Waals surface area contributed by atoms with Gasteiger partial charge >= 0.3 is 5.97 Å². The summed E-state index contributed by atoms with van der Waals surface area (Å²) in [6.45, 7) is 3.09.